The van der Waals surface area contributed by atoms with Gasteiger partial charge in [0.1, 0.15) is 11.5 Å². The van der Waals surface area contributed by atoms with Crippen LogP contribution >= 0.6 is 38.9 Å². The van der Waals surface area contributed by atoms with E-state index < -0.39 is 0 Å². The largest absolute Gasteiger partial charge is 0.457 e. The van der Waals surface area contributed by atoms with E-state index in [1.165, 1.54) is 11.3 Å². The summed E-state index contributed by atoms with van der Waals surface area (Å²) in [5, 5.41) is 0.668. The molecule has 1 unspecified atom stereocenters. The lowest BCUT2D eigenvalue weighted by Crippen LogP contribution is -2.36. The summed E-state index contributed by atoms with van der Waals surface area (Å²) in [6.07, 6.45) is 3.84. The number of aromatic nitrogens is 1. The van der Waals surface area contributed by atoms with E-state index in [1.54, 1.807) is 10.6 Å². The highest BCUT2D eigenvalue weighted by Gasteiger charge is 2.22. The summed E-state index contributed by atoms with van der Waals surface area (Å²) in [7, 11) is 0. The summed E-state index contributed by atoms with van der Waals surface area (Å²) in [4.78, 5) is 19.1. The standard InChI is InChI=1S/C29H18BrClN2O2S/c30-21-10-6-19(7-11-21)25-17-24(18-4-2-1-3-5-18)32-29-33(25)28(34)27(36-29)16-23-14-15-26(35-23)20-8-12-22(31)13-9-20/h1-17,25H. The zero-order valence-electron chi connectivity index (χ0n) is 18.8. The zero-order valence-corrected chi connectivity index (χ0v) is 21.9. The van der Waals surface area contributed by atoms with Crippen molar-refractivity contribution in [1.82, 2.24) is 4.57 Å². The number of halogens is 2. The minimum absolute atomic E-state index is 0.0977. The highest BCUT2D eigenvalue weighted by molar-refractivity contribution is 9.10. The van der Waals surface area contributed by atoms with E-state index in [2.05, 4.69) is 22.0 Å². The SMILES string of the molecule is O=c1c(=Cc2ccc(-c3ccc(Cl)cc3)o2)sc2n1C(c1ccc(Br)cc1)C=C(c1ccccc1)N=2. The van der Waals surface area contributed by atoms with Gasteiger partial charge in [0.15, 0.2) is 4.80 Å². The summed E-state index contributed by atoms with van der Waals surface area (Å²) < 4.78 is 9.34. The monoisotopic (exact) mass is 572 g/mol. The Morgan fingerprint density at radius 1 is 0.917 bits per heavy atom. The van der Waals surface area contributed by atoms with E-state index in [0.717, 1.165) is 26.9 Å². The number of hydrogen-bond donors (Lipinski definition) is 0. The topological polar surface area (TPSA) is 47.5 Å². The van der Waals surface area contributed by atoms with Crippen LogP contribution < -0.4 is 14.9 Å². The van der Waals surface area contributed by atoms with Crippen LogP contribution in [0.2, 0.25) is 5.02 Å². The normalized spacial score (nSPS) is 15.3. The Morgan fingerprint density at radius 3 is 2.42 bits per heavy atom. The third-order valence-electron chi connectivity index (χ3n) is 5.96. The van der Waals surface area contributed by atoms with Gasteiger partial charge >= 0.3 is 0 Å². The molecule has 6 rings (SSSR count). The number of allylic oxidation sites excluding steroid dienone is 1. The second kappa shape index (κ2) is 9.54. The van der Waals surface area contributed by atoms with Crippen LogP contribution in [-0.4, -0.2) is 4.57 Å². The Hall–Kier alpha value is -3.45. The molecule has 1 aliphatic heterocycles. The molecule has 0 spiro atoms. The molecule has 3 aromatic carbocycles. The number of thiazole rings is 1. The van der Waals surface area contributed by atoms with Crippen molar-refractivity contribution in [2.45, 2.75) is 6.04 Å². The number of hydrogen-bond acceptors (Lipinski definition) is 4. The van der Waals surface area contributed by atoms with Crippen LogP contribution in [-0.2, 0) is 0 Å². The highest BCUT2D eigenvalue weighted by Crippen LogP contribution is 2.28. The minimum atomic E-state index is -0.270. The Kier molecular flexibility index (Phi) is 6.09. The van der Waals surface area contributed by atoms with E-state index in [1.807, 2.05) is 91.0 Å². The first kappa shape index (κ1) is 23.0. The van der Waals surface area contributed by atoms with Gasteiger partial charge < -0.3 is 4.42 Å². The summed E-state index contributed by atoms with van der Waals surface area (Å²) in [6, 6.07) is 29.0. The van der Waals surface area contributed by atoms with Crippen LogP contribution in [0.25, 0.3) is 23.1 Å². The van der Waals surface area contributed by atoms with Crippen molar-refractivity contribution in [1.29, 1.82) is 0 Å². The molecule has 7 heteroatoms. The van der Waals surface area contributed by atoms with Gasteiger partial charge in [-0.25, -0.2) is 4.99 Å². The molecular weight excluding hydrogens is 556 g/mol. The molecule has 36 heavy (non-hydrogen) atoms. The second-order valence-corrected chi connectivity index (χ2v) is 10.7. The molecule has 1 aliphatic rings. The first-order chi connectivity index (χ1) is 17.5. The van der Waals surface area contributed by atoms with Gasteiger partial charge in [0.2, 0.25) is 0 Å². The first-order valence-corrected chi connectivity index (χ1v) is 13.2. The maximum Gasteiger partial charge on any atom is 0.271 e. The Morgan fingerprint density at radius 2 is 1.67 bits per heavy atom. The van der Waals surface area contributed by atoms with Crippen molar-refractivity contribution in [2.75, 3.05) is 0 Å². The Balaban J connectivity index is 1.47. The van der Waals surface area contributed by atoms with Gasteiger partial charge in [-0.2, -0.15) is 0 Å². The van der Waals surface area contributed by atoms with E-state index in [0.29, 0.717) is 25.9 Å². The van der Waals surface area contributed by atoms with Crippen LogP contribution in [0.15, 0.2) is 116 Å². The predicted octanol–water partition coefficient (Wildman–Crippen LogP) is 6.68. The number of fused-ring (bicyclic) bond motifs is 1. The quantitative estimate of drug-likeness (QED) is 0.241. The first-order valence-electron chi connectivity index (χ1n) is 11.3. The molecule has 0 saturated carbocycles. The van der Waals surface area contributed by atoms with Crippen molar-refractivity contribution in [3.8, 4) is 11.3 Å². The van der Waals surface area contributed by atoms with E-state index >= 15 is 0 Å². The molecule has 0 bridgehead atoms. The molecule has 0 saturated heterocycles. The molecule has 5 aromatic rings. The summed E-state index contributed by atoms with van der Waals surface area (Å²) >= 11 is 10.9. The zero-order chi connectivity index (χ0) is 24.6. The Bertz CT molecular complexity index is 1770. The summed E-state index contributed by atoms with van der Waals surface area (Å²) in [6.45, 7) is 0. The molecule has 0 radical (unpaired) electrons. The second-order valence-electron chi connectivity index (χ2n) is 8.30. The molecular formula is C29H18BrClN2O2S. The lowest BCUT2D eigenvalue weighted by atomic mass is 10.0. The van der Waals surface area contributed by atoms with Crippen molar-refractivity contribution < 1.29 is 4.42 Å². The van der Waals surface area contributed by atoms with Crippen LogP contribution in [0.5, 0.6) is 0 Å². The van der Waals surface area contributed by atoms with Gasteiger partial charge in [-0.3, -0.25) is 9.36 Å². The third-order valence-corrected chi connectivity index (χ3v) is 7.72. The molecule has 0 N–H and O–H groups in total. The summed E-state index contributed by atoms with van der Waals surface area (Å²) in [5.74, 6) is 1.32. The van der Waals surface area contributed by atoms with Gasteiger partial charge in [0.05, 0.1) is 16.3 Å². The molecule has 0 fully saturated rings. The number of furan rings is 1. The van der Waals surface area contributed by atoms with Crippen LogP contribution in [0.1, 0.15) is 22.9 Å². The maximum absolute atomic E-state index is 13.6. The molecule has 1 atom stereocenters. The predicted molar refractivity (Wildman–Crippen MR) is 149 cm³/mol. The fourth-order valence-electron chi connectivity index (χ4n) is 4.18. The summed E-state index contributed by atoms with van der Waals surface area (Å²) in [5.41, 5.74) is 3.69. The van der Waals surface area contributed by atoms with E-state index in [4.69, 9.17) is 21.0 Å². The Labute approximate surface area is 224 Å². The van der Waals surface area contributed by atoms with Gasteiger partial charge in [-0.05, 0) is 65.7 Å². The fourth-order valence-corrected chi connectivity index (χ4v) is 5.56. The van der Waals surface area contributed by atoms with Crippen LogP contribution in [0, 0.1) is 0 Å². The van der Waals surface area contributed by atoms with Gasteiger partial charge in [-0.15, -0.1) is 0 Å². The number of nitrogens with zero attached hydrogens (tertiary/aromatic N) is 2. The minimum Gasteiger partial charge on any atom is -0.457 e. The molecule has 0 amide bonds. The van der Waals surface area contributed by atoms with Gasteiger partial charge in [0, 0.05) is 21.1 Å². The van der Waals surface area contributed by atoms with E-state index in [-0.39, 0.29) is 11.6 Å². The number of rotatable bonds is 4. The molecule has 2 aromatic heterocycles. The highest BCUT2D eigenvalue weighted by atomic mass is 79.9. The van der Waals surface area contributed by atoms with Gasteiger partial charge in [-0.1, -0.05) is 81.3 Å². The lowest BCUT2D eigenvalue weighted by molar-refractivity contribution is 0.571. The van der Waals surface area contributed by atoms with Crippen molar-refractivity contribution >= 4 is 50.6 Å². The fraction of sp³-hybridized carbons (Fsp3) is 0.0345. The van der Waals surface area contributed by atoms with E-state index in [9.17, 15) is 4.79 Å². The lowest BCUT2D eigenvalue weighted by Gasteiger charge is -2.19. The molecule has 3 heterocycles. The molecule has 4 nitrogen and oxygen atoms in total. The maximum atomic E-state index is 13.6. The average molecular weight is 574 g/mol. The molecule has 176 valence electrons. The third kappa shape index (κ3) is 4.44. The molecule has 0 aliphatic carbocycles. The van der Waals surface area contributed by atoms with Crippen LogP contribution in [0.3, 0.4) is 0 Å². The van der Waals surface area contributed by atoms with Crippen LogP contribution in [0.4, 0.5) is 0 Å². The average Bonchev–Trinajstić information content (AvgIpc) is 3.49. The van der Waals surface area contributed by atoms with Crippen molar-refractivity contribution in [2.24, 2.45) is 4.99 Å². The van der Waals surface area contributed by atoms with Gasteiger partial charge in [0.25, 0.3) is 5.56 Å². The number of benzene rings is 3. The van der Waals surface area contributed by atoms with Crippen molar-refractivity contribution in [3.05, 3.63) is 143 Å². The smallest absolute Gasteiger partial charge is 0.271 e. The van der Waals surface area contributed by atoms with Crippen molar-refractivity contribution in [3.63, 3.8) is 0 Å².